The molecule has 0 aliphatic carbocycles. The van der Waals surface area contributed by atoms with Gasteiger partial charge in [0.1, 0.15) is 5.75 Å². The van der Waals surface area contributed by atoms with Crippen molar-refractivity contribution in [3.05, 3.63) is 28.8 Å². The van der Waals surface area contributed by atoms with E-state index in [9.17, 15) is 9.59 Å². The molecule has 104 valence electrons. The van der Waals surface area contributed by atoms with Gasteiger partial charge in [-0.2, -0.15) is 0 Å². The average molecular weight is 265 g/mol. The minimum Gasteiger partial charge on any atom is -0.493 e. The number of amides is 1. The molecule has 0 bridgehead atoms. The molecule has 1 aromatic rings. The lowest BCUT2D eigenvalue weighted by molar-refractivity contribution is -0.140. The molecule has 1 aromatic carbocycles. The molecule has 0 atom stereocenters. The van der Waals surface area contributed by atoms with Gasteiger partial charge in [-0.25, -0.2) is 0 Å². The Balaban J connectivity index is 2.64. The zero-order valence-corrected chi connectivity index (χ0v) is 11.5. The smallest absolute Gasteiger partial charge is 0.305 e. The molecule has 0 radical (unpaired) electrons. The summed E-state index contributed by atoms with van der Waals surface area (Å²) in [6, 6.07) is 3.40. The van der Waals surface area contributed by atoms with Crippen molar-refractivity contribution in [2.24, 2.45) is 5.73 Å². The zero-order chi connectivity index (χ0) is 14.4. The molecule has 5 heteroatoms. The van der Waals surface area contributed by atoms with Crippen LogP contribution in [-0.4, -0.2) is 25.6 Å². The number of primary amides is 1. The SMILES string of the molecule is COC(=O)CCCOc1c(C)cc(C(N)=O)cc1C. The summed E-state index contributed by atoms with van der Waals surface area (Å²) in [4.78, 5) is 22.1. The fraction of sp³-hybridized carbons (Fsp3) is 0.429. The van der Waals surface area contributed by atoms with Crippen molar-refractivity contribution in [1.82, 2.24) is 0 Å². The third kappa shape index (κ3) is 4.28. The lowest BCUT2D eigenvalue weighted by Crippen LogP contribution is -2.12. The first-order valence-corrected chi connectivity index (χ1v) is 6.06. The van der Waals surface area contributed by atoms with Gasteiger partial charge in [0.25, 0.3) is 0 Å². The summed E-state index contributed by atoms with van der Waals surface area (Å²) in [7, 11) is 1.36. The molecule has 19 heavy (non-hydrogen) atoms. The lowest BCUT2D eigenvalue weighted by Gasteiger charge is -2.13. The molecule has 0 saturated heterocycles. The van der Waals surface area contributed by atoms with Crippen LogP contribution in [0.25, 0.3) is 0 Å². The van der Waals surface area contributed by atoms with Crippen LogP contribution in [0, 0.1) is 13.8 Å². The molecule has 0 spiro atoms. The van der Waals surface area contributed by atoms with Gasteiger partial charge in [0.05, 0.1) is 13.7 Å². The molecule has 0 aliphatic heterocycles. The highest BCUT2D eigenvalue weighted by molar-refractivity contribution is 5.93. The summed E-state index contributed by atoms with van der Waals surface area (Å²) in [5.41, 5.74) is 7.42. The first-order chi connectivity index (χ1) is 8.95. The third-order valence-electron chi connectivity index (χ3n) is 2.74. The van der Waals surface area contributed by atoms with E-state index in [0.717, 1.165) is 16.9 Å². The minimum absolute atomic E-state index is 0.249. The van der Waals surface area contributed by atoms with Crippen molar-refractivity contribution in [2.45, 2.75) is 26.7 Å². The van der Waals surface area contributed by atoms with Crippen LogP contribution in [-0.2, 0) is 9.53 Å². The predicted octanol–water partition coefficient (Wildman–Crippen LogP) is 1.73. The van der Waals surface area contributed by atoms with Gasteiger partial charge in [-0.3, -0.25) is 9.59 Å². The Kier molecular flexibility index (Phi) is 5.36. The zero-order valence-electron chi connectivity index (χ0n) is 11.5. The predicted molar refractivity (Wildman–Crippen MR) is 71.2 cm³/mol. The summed E-state index contributed by atoms with van der Waals surface area (Å²) in [5, 5.41) is 0. The molecule has 1 rings (SSSR count). The Morgan fingerprint density at radius 3 is 2.26 bits per heavy atom. The van der Waals surface area contributed by atoms with E-state index in [1.54, 1.807) is 12.1 Å². The monoisotopic (exact) mass is 265 g/mol. The van der Waals surface area contributed by atoms with Crippen LogP contribution in [0.2, 0.25) is 0 Å². The minimum atomic E-state index is -0.455. The van der Waals surface area contributed by atoms with Gasteiger partial charge in [-0.15, -0.1) is 0 Å². The maximum Gasteiger partial charge on any atom is 0.305 e. The first kappa shape index (κ1) is 15.0. The van der Waals surface area contributed by atoms with Crippen molar-refractivity contribution in [3.63, 3.8) is 0 Å². The number of esters is 1. The molecule has 2 N–H and O–H groups in total. The van der Waals surface area contributed by atoms with E-state index < -0.39 is 5.91 Å². The molecular formula is C14H19NO4. The highest BCUT2D eigenvalue weighted by Gasteiger charge is 2.09. The van der Waals surface area contributed by atoms with Crippen molar-refractivity contribution in [2.75, 3.05) is 13.7 Å². The lowest BCUT2D eigenvalue weighted by atomic mass is 10.1. The van der Waals surface area contributed by atoms with Crippen molar-refractivity contribution in [1.29, 1.82) is 0 Å². The molecular weight excluding hydrogens is 246 g/mol. The van der Waals surface area contributed by atoms with Crippen LogP contribution >= 0.6 is 0 Å². The summed E-state index contributed by atoms with van der Waals surface area (Å²) < 4.78 is 10.2. The van der Waals surface area contributed by atoms with Crippen LogP contribution in [0.1, 0.15) is 34.3 Å². The standard InChI is InChI=1S/C14H19NO4/c1-9-7-11(14(15)17)8-10(2)13(9)19-6-4-5-12(16)18-3/h7-8H,4-6H2,1-3H3,(H2,15,17). The van der Waals surface area contributed by atoms with E-state index in [1.165, 1.54) is 7.11 Å². The van der Waals surface area contributed by atoms with E-state index in [0.29, 0.717) is 25.0 Å². The number of aryl methyl sites for hydroxylation is 2. The molecule has 0 saturated carbocycles. The second-order valence-corrected chi connectivity index (χ2v) is 4.33. The third-order valence-corrected chi connectivity index (χ3v) is 2.74. The van der Waals surface area contributed by atoms with Gasteiger partial charge in [0.15, 0.2) is 0 Å². The summed E-state index contributed by atoms with van der Waals surface area (Å²) in [5.74, 6) is 0.0272. The van der Waals surface area contributed by atoms with Crippen molar-refractivity contribution >= 4 is 11.9 Å². The van der Waals surface area contributed by atoms with E-state index in [4.69, 9.17) is 10.5 Å². The highest BCUT2D eigenvalue weighted by Crippen LogP contribution is 2.24. The van der Waals surface area contributed by atoms with Crippen LogP contribution in [0.15, 0.2) is 12.1 Å². The number of carbonyl (C=O) groups excluding carboxylic acids is 2. The summed E-state index contributed by atoms with van der Waals surface area (Å²) in [6.07, 6.45) is 0.914. The number of benzene rings is 1. The van der Waals surface area contributed by atoms with E-state index >= 15 is 0 Å². The molecule has 0 aromatic heterocycles. The maximum atomic E-state index is 11.1. The van der Waals surface area contributed by atoms with Crippen LogP contribution < -0.4 is 10.5 Å². The number of methoxy groups -OCH3 is 1. The second-order valence-electron chi connectivity index (χ2n) is 4.33. The number of hydrogen-bond acceptors (Lipinski definition) is 4. The highest BCUT2D eigenvalue weighted by atomic mass is 16.5. The summed E-state index contributed by atoms with van der Waals surface area (Å²) >= 11 is 0. The number of hydrogen-bond donors (Lipinski definition) is 1. The average Bonchev–Trinajstić information content (AvgIpc) is 2.36. The maximum absolute atomic E-state index is 11.1. The number of carbonyl (C=O) groups is 2. The molecule has 1 amide bonds. The van der Waals surface area contributed by atoms with Crippen molar-refractivity contribution in [3.8, 4) is 5.75 Å². The second kappa shape index (κ2) is 6.78. The Morgan fingerprint density at radius 1 is 1.21 bits per heavy atom. The van der Waals surface area contributed by atoms with Crippen molar-refractivity contribution < 1.29 is 19.1 Å². The number of ether oxygens (including phenoxy) is 2. The van der Waals surface area contributed by atoms with Crippen LogP contribution in [0.3, 0.4) is 0 Å². The quantitative estimate of drug-likeness (QED) is 0.627. The topological polar surface area (TPSA) is 78.6 Å². The van der Waals surface area contributed by atoms with Gasteiger partial charge in [-0.1, -0.05) is 0 Å². The van der Waals surface area contributed by atoms with E-state index in [-0.39, 0.29) is 5.97 Å². The molecule has 0 unspecified atom stereocenters. The largest absolute Gasteiger partial charge is 0.493 e. The molecule has 0 aliphatic rings. The van der Waals surface area contributed by atoms with E-state index in [1.807, 2.05) is 13.8 Å². The normalized spacial score (nSPS) is 10.1. The molecule has 0 heterocycles. The first-order valence-electron chi connectivity index (χ1n) is 6.06. The van der Waals surface area contributed by atoms with Gasteiger partial charge >= 0.3 is 5.97 Å². The molecule has 5 nitrogen and oxygen atoms in total. The fourth-order valence-electron chi connectivity index (χ4n) is 1.81. The van der Waals surface area contributed by atoms with Gasteiger partial charge in [0.2, 0.25) is 5.91 Å². The Morgan fingerprint density at radius 2 is 1.79 bits per heavy atom. The molecule has 0 fully saturated rings. The van der Waals surface area contributed by atoms with Crippen LogP contribution in [0.4, 0.5) is 0 Å². The Bertz CT molecular complexity index is 459. The number of rotatable bonds is 6. The van der Waals surface area contributed by atoms with Gasteiger partial charge < -0.3 is 15.2 Å². The van der Waals surface area contributed by atoms with Gasteiger partial charge in [0, 0.05) is 12.0 Å². The van der Waals surface area contributed by atoms with Gasteiger partial charge in [-0.05, 0) is 43.5 Å². The fourth-order valence-corrected chi connectivity index (χ4v) is 1.81. The Hall–Kier alpha value is -2.04. The van der Waals surface area contributed by atoms with Crippen LogP contribution in [0.5, 0.6) is 5.75 Å². The number of nitrogens with two attached hydrogens (primary N) is 1. The summed E-state index contributed by atoms with van der Waals surface area (Å²) in [6.45, 7) is 4.14. The van der Waals surface area contributed by atoms with E-state index in [2.05, 4.69) is 4.74 Å². The Labute approximate surface area is 112 Å².